The first kappa shape index (κ1) is 23.0. The Bertz CT molecular complexity index is 1120. The van der Waals surface area contributed by atoms with Gasteiger partial charge in [0.2, 0.25) is 5.52 Å². The number of alkyl halides is 1. The van der Waals surface area contributed by atoms with Gasteiger partial charge in [-0.25, -0.2) is 0 Å². The number of aromatic nitrogens is 1. The number of nitrogens with two attached hydrogens (primary N) is 1. The lowest BCUT2D eigenvalue weighted by Gasteiger charge is -2.10. The average molecular weight is 530 g/mol. The quantitative estimate of drug-likeness (QED) is 0.114. The van der Waals surface area contributed by atoms with Gasteiger partial charge in [0.05, 0.1) is 10.8 Å². The van der Waals surface area contributed by atoms with Crippen molar-refractivity contribution in [3.63, 3.8) is 0 Å². The second-order valence-electron chi connectivity index (χ2n) is 7.98. The molecule has 0 aliphatic heterocycles. The van der Waals surface area contributed by atoms with Gasteiger partial charge in [-0.1, -0.05) is 78.0 Å². The van der Waals surface area contributed by atoms with Crippen molar-refractivity contribution >= 4 is 54.1 Å². The van der Waals surface area contributed by atoms with Crippen LogP contribution in [-0.4, -0.2) is 5.33 Å². The normalized spacial score (nSPS) is 11.2. The summed E-state index contributed by atoms with van der Waals surface area (Å²) < 4.78 is 2.45. The lowest BCUT2D eigenvalue weighted by Crippen LogP contribution is -3.00. The Morgan fingerprint density at radius 1 is 0.667 bits per heavy atom. The van der Waals surface area contributed by atoms with Crippen LogP contribution in [0.15, 0.2) is 60.8 Å². The number of nitrogens with zero attached hydrogens (tertiary/aromatic N) is 1. The predicted octanol–water partition coefficient (Wildman–Crippen LogP) is 4.15. The molecule has 4 aromatic rings. The Hall–Kier alpha value is -1.65. The van der Waals surface area contributed by atoms with Gasteiger partial charge in [0.15, 0.2) is 6.20 Å². The maximum absolute atomic E-state index is 6.40. The third-order valence-electron chi connectivity index (χ3n) is 5.94. The molecule has 2 nitrogen and oxygen atoms in total. The number of unbranched alkanes of at least 4 members (excludes halogenated alkanes) is 6. The minimum Gasteiger partial charge on any atom is -1.00 e. The number of para-hydroxylation sites is 1. The van der Waals surface area contributed by atoms with Crippen molar-refractivity contribution in [2.45, 2.75) is 51.5 Å². The Morgan fingerprint density at radius 2 is 1.27 bits per heavy atom. The Labute approximate surface area is 198 Å². The van der Waals surface area contributed by atoms with Crippen LogP contribution in [0.4, 0.5) is 5.69 Å². The molecule has 1 heterocycles. The smallest absolute Gasteiger partial charge is 0.213 e. The number of pyridine rings is 1. The summed E-state index contributed by atoms with van der Waals surface area (Å²) in [6, 6.07) is 19.4. The number of aryl methyl sites for hydroxylation is 1. The summed E-state index contributed by atoms with van der Waals surface area (Å²) in [4.78, 5) is 0. The number of rotatable bonds is 9. The number of nitrogen functional groups attached to an aromatic ring is 1. The molecule has 1 aromatic heterocycles. The van der Waals surface area contributed by atoms with E-state index in [0.29, 0.717) is 0 Å². The first-order chi connectivity index (χ1) is 14.3. The van der Waals surface area contributed by atoms with Crippen molar-refractivity contribution in [3.8, 4) is 0 Å². The van der Waals surface area contributed by atoms with Gasteiger partial charge in [-0.05, 0) is 30.4 Å². The van der Waals surface area contributed by atoms with E-state index in [0.717, 1.165) is 22.9 Å². The van der Waals surface area contributed by atoms with Crippen molar-refractivity contribution in [1.29, 1.82) is 0 Å². The van der Waals surface area contributed by atoms with E-state index in [-0.39, 0.29) is 17.0 Å². The molecule has 0 radical (unpaired) electrons. The topological polar surface area (TPSA) is 29.9 Å². The molecular formula is C26H30Br2N2. The van der Waals surface area contributed by atoms with E-state index < -0.39 is 0 Å². The molecule has 0 saturated heterocycles. The number of hydrogen-bond acceptors (Lipinski definition) is 1. The van der Waals surface area contributed by atoms with Crippen LogP contribution in [0, 0.1) is 0 Å². The Kier molecular flexibility index (Phi) is 8.52. The van der Waals surface area contributed by atoms with E-state index in [1.807, 2.05) is 0 Å². The average Bonchev–Trinajstić information content (AvgIpc) is 2.76. The first-order valence-corrected chi connectivity index (χ1v) is 12.0. The summed E-state index contributed by atoms with van der Waals surface area (Å²) in [6.07, 6.45) is 11.6. The van der Waals surface area contributed by atoms with Crippen LogP contribution in [0.5, 0.6) is 0 Å². The largest absolute Gasteiger partial charge is 1.00 e. The van der Waals surface area contributed by atoms with E-state index in [1.54, 1.807) is 0 Å². The van der Waals surface area contributed by atoms with Gasteiger partial charge in [0.1, 0.15) is 6.54 Å². The molecule has 0 unspecified atom stereocenters. The minimum absolute atomic E-state index is 0. The van der Waals surface area contributed by atoms with Crippen molar-refractivity contribution in [2.24, 2.45) is 0 Å². The second kappa shape index (κ2) is 11.1. The van der Waals surface area contributed by atoms with Crippen LogP contribution < -0.4 is 27.3 Å². The molecule has 30 heavy (non-hydrogen) atoms. The molecule has 0 spiro atoms. The molecule has 0 atom stereocenters. The Balaban J connectivity index is 0.00000256. The van der Waals surface area contributed by atoms with Crippen LogP contribution in [0.1, 0.15) is 44.9 Å². The molecule has 0 bridgehead atoms. The first-order valence-electron chi connectivity index (χ1n) is 10.9. The standard InChI is InChI=1S/C26H29BrN2.BrH/c27-16-10-4-2-1-3-5-11-17-29-19-24-20-12-6-7-13-21(20)25(28)18-23(24)22-14-8-9-15-26(22)29;/h6-9,12-15,18-19,28H,1-5,10-11,16-17H2;1H. The monoisotopic (exact) mass is 528 g/mol. The van der Waals surface area contributed by atoms with Gasteiger partial charge < -0.3 is 22.7 Å². The summed E-state index contributed by atoms with van der Waals surface area (Å²) >= 11 is 3.52. The molecule has 0 aliphatic rings. The zero-order valence-electron chi connectivity index (χ0n) is 17.4. The molecule has 158 valence electrons. The highest BCUT2D eigenvalue weighted by Crippen LogP contribution is 2.33. The van der Waals surface area contributed by atoms with Crippen molar-refractivity contribution in [1.82, 2.24) is 0 Å². The number of fused-ring (bicyclic) bond motifs is 5. The van der Waals surface area contributed by atoms with Crippen LogP contribution in [0.25, 0.3) is 32.4 Å². The maximum atomic E-state index is 6.40. The van der Waals surface area contributed by atoms with Gasteiger partial charge in [0.25, 0.3) is 0 Å². The fraction of sp³-hybridized carbons (Fsp3) is 0.346. The van der Waals surface area contributed by atoms with E-state index in [4.69, 9.17) is 5.73 Å². The zero-order chi connectivity index (χ0) is 20.1. The minimum atomic E-state index is 0. The fourth-order valence-corrected chi connectivity index (χ4v) is 4.81. The van der Waals surface area contributed by atoms with E-state index in [1.165, 1.54) is 72.0 Å². The summed E-state index contributed by atoms with van der Waals surface area (Å²) in [7, 11) is 0. The van der Waals surface area contributed by atoms with Gasteiger partial charge in [-0.15, -0.1) is 0 Å². The molecule has 4 rings (SSSR count). The number of anilines is 1. The highest BCUT2D eigenvalue weighted by molar-refractivity contribution is 9.09. The van der Waals surface area contributed by atoms with Crippen molar-refractivity contribution in [2.75, 3.05) is 11.1 Å². The molecular weight excluding hydrogens is 500 g/mol. The van der Waals surface area contributed by atoms with Crippen LogP contribution in [-0.2, 0) is 6.54 Å². The van der Waals surface area contributed by atoms with Gasteiger partial charge in [-0.2, -0.15) is 4.57 Å². The van der Waals surface area contributed by atoms with E-state index in [9.17, 15) is 0 Å². The van der Waals surface area contributed by atoms with Gasteiger partial charge in [-0.3, -0.25) is 0 Å². The van der Waals surface area contributed by atoms with E-state index in [2.05, 4.69) is 81.3 Å². The number of benzene rings is 3. The molecule has 0 fully saturated rings. The fourth-order valence-electron chi connectivity index (χ4n) is 4.41. The van der Waals surface area contributed by atoms with Gasteiger partial charge in [0, 0.05) is 34.3 Å². The van der Waals surface area contributed by atoms with Crippen molar-refractivity contribution in [3.05, 3.63) is 60.8 Å². The molecule has 0 saturated carbocycles. The molecule has 0 aliphatic carbocycles. The van der Waals surface area contributed by atoms with Crippen LogP contribution in [0.3, 0.4) is 0 Å². The molecule has 2 N–H and O–H groups in total. The molecule has 4 heteroatoms. The van der Waals surface area contributed by atoms with Gasteiger partial charge >= 0.3 is 0 Å². The third kappa shape index (κ3) is 4.97. The maximum Gasteiger partial charge on any atom is 0.213 e. The summed E-state index contributed by atoms with van der Waals surface area (Å²) in [6.45, 7) is 1.07. The lowest BCUT2D eigenvalue weighted by atomic mass is 9.98. The summed E-state index contributed by atoms with van der Waals surface area (Å²) in [5.41, 5.74) is 8.55. The third-order valence-corrected chi connectivity index (χ3v) is 6.50. The summed E-state index contributed by atoms with van der Waals surface area (Å²) in [5, 5.41) is 7.36. The van der Waals surface area contributed by atoms with Crippen LogP contribution >= 0.6 is 15.9 Å². The SMILES string of the molecule is Nc1cc2c(c[n+](CCCCCCCCCBr)c3ccccc23)c2ccccc12.[Br-]. The number of hydrogen-bond donors (Lipinski definition) is 1. The Morgan fingerprint density at radius 3 is 2.00 bits per heavy atom. The lowest BCUT2D eigenvalue weighted by molar-refractivity contribution is -0.670. The van der Waals surface area contributed by atoms with Crippen LogP contribution in [0.2, 0.25) is 0 Å². The predicted molar refractivity (Wildman–Crippen MR) is 130 cm³/mol. The second-order valence-corrected chi connectivity index (χ2v) is 8.77. The van der Waals surface area contributed by atoms with E-state index >= 15 is 0 Å². The number of halogens is 2. The molecule has 3 aromatic carbocycles. The molecule has 0 amide bonds. The zero-order valence-corrected chi connectivity index (χ0v) is 20.6. The highest BCUT2D eigenvalue weighted by Gasteiger charge is 2.15. The summed E-state index contributed by atoms with van der Waals surface area (Å²) in [5.74, 6) is 0. The van der Waals surface area contributed by atoms with Crippen molar-refractivity contribution < 1.29 is 21.5 Å². The highest BCUT2D eigenvalue weighted by atomic mass is 79.9.